The summed E-state index contributed by atoms with van der Waals surface area (Å²) in [5, 5.41) is 10.2. The predicted octanol–water partition coefficient (Wildman–Crippen LogP) is 3.81. The van der Waals surface area contributed by atoms with Crippen molar-refractivity contribution in [2.45, 2.75) is 37.5 Å². The van der Waals surface area contributed by atoms with Crippen LogP contribution in [0.2, 0.25) is 0 Å². The Hall–Kier alpha value is -3.81. The maximum Gasteiger partial charge on any atom is 0.277 e. The molecule has 0 spiro atoms. The summed E-state index contributed by atoms with van der Waals surface area (Å²) < 4.78 is 3.52. The molecular formula is C24H21N7O. The Morgan fingerprint density at radius 3 is 2.56 bits per heavy atom. The lowest BCUT2D eigenvalue weighted by atomic mass is 10.0. The molecule has 7 rings (SSSR count). The van der Waals surface area contributed by atoms with Gasteiger partial charge in [0.25, 0.3) is 5.56 Å². The van der Waals surface area contributed by atoms with Crippen molar-refractivity contribution in [2.24, 2.45) is 7.05 Å². The third kappa shape index (κ3) is 2.65. The lowest BCUT2D eigenvalue weighted by Crippen LogP contribution is -2.12. The molecular weight excluding hydrogens is 402 g/mol. The van der Waals surface area contributed by atoms with Crippen molar-refractivity contribution in [1.82, 2.24) is 34.5 Å². The van der Waals surface area contributed by atoms with E-state index in [1.54, 1.807) is 17.9 Å². The summed E-state index contributed by atoms with van der Waals surface area (Å²) in [5.74, 6) is 1.43. The maximum absolute atomic E-state index is 12.9. The van der Waals surface area contributed by atoms with Gasteiger partial charge in [0.15, 0.2) is 11.2 Å². The molecule has 4 aromatic heterocycles. The van der Waals surface area contributed by atoms with Crippen molar-refractivity contribution in [1.29, 1.82) is 0 Å². The summed E-state index contributed by atoms with van der Waals surface area (Å²) >= 11 is 0. The minimum absolute atomic E-state index is 0.189. The second kappa shape index (κ2) is 6.35. The zero-order valence-electron chi connectivity index (χ0n) is 17.6. The molecule has 4 heterocycles. The fourth-order valence-corrected chi connectivity index (χ4v) is 4.54. The number of aryl methyl sites for hydroxylation is 1. The summed E-state index contributed by atoms with van der Waals surface area (Å²) in [7, 11) is 1.75. The molecule has 5 aromatic rings. The highest BCUT2D eigenvalue weighted by atomic mass is 16.1. The minimum atomic E-state index is -0.189. The van der Waals surface area contributed by atoms with Gasteiger partial charge in [-0.15, -0.1) is 0 Å². The van der Waals surface area contributed by atoms with Gasteiger partial charge in [-0.25, -0.2) is 14.6 Å². The van der Waals surface area contributed by atoms with Crippen LogP contribution in [-0.2, 0) is 7.05 Å². The number of hydrogen-bond donors (Lipinski definition) is 1. The number of pyridine rings is 1. The minimum Gasteiger partial charge on any atom is -0.305 e. The van der Waals surface area contributed by atoms with Gasteiger partial charge in [-0.1, -0.05) is 18.2 Å². The molecule has 1 aromatic carbocycles. The summed E-state index contributed by atoms with van der Waals surface area (Å²) in [6, 6.07) is 12.3. The fourth-order valence-electron chi connectivity index (χ4n) is 4.54. The third-order valence-electron chi connectivity index (χ3n) is 6.50. The average Bonchev–Trinajstić information content (AvgIpc) is 3.74. The van der Waals surface area contributed by atoms with E-state index in [9.17, 15) is 4.79 Å². The highest BCUT2D eigenvalue weighted by molar-refractivity contribution is 5.95. The van der Waals surface area contributed by atoms with E-state index in [4.69, 9.17) is 15.1 Å². The molecule has 0 unspecified atom stereocenters. The van der Waals surface area contributed by atoms with E-state index >= 15 is 0 Å². The topological polar surface area (TPSA) is 94.3 Å². The van der Waals surface area contributed by atoms with E-state index in [1.807, 2.05) is 22.9 Å². The number of nitrogens with zero attached hydrogens (tertiary/aromatic N) is 6. The molecule has 0 radical (unpaired) electrons. The molecule has 1 N–H and O–H groups in total. The molecule has 8 nitrogen and oxygen atoms in total. The molecule has 8 heteroatoms. The van der Waals surface area contributed by atoms with Gasteiger partial charge in [-0.3, -0.25) is 9.48 Å². The fraction of sp³-hybridized carbons (Fsp3) is 0.292. The van der Waals surface area contributed by atoms with Gasteiger partial charge in [-0.05, 0) is 43.9 Å². The van der Waals surface area contributed by atoms with E-state index in [-0.39, 0.29) is 5.56 Å². The van der Waals surface area contributed by atoms with Gasteiger partial charge in [0.1, 0.15) is 11.3 Å². The molecule has 2 aliphatic rings. The van der Waals surface area contributed by atoms with Crippen molar-refractivity contribution in [2.75, 3.05) is 0 Å². The number of fused-ring (bicyclic) bond motifs is 2. The van der Waals surface area contributed by atoms with Crippen molar-refractivity contribution in [3.63, 3.8) is 0 Å². The SMILES string of the molecule is Cn1ncc2nc(-c3cc(C4CC4)nc4c3c(C3CC3)nn4-c3ccccc3)[nH]c(=O)c21. The van der Waals surface area contributed by atoms with E-state index < -0.39 is 0 Å². The highest BCUT2D eigenvalue weighted by Crippen LogP contribution is 2.47. The number of nitrogens with one attached hydrogen (secondary N) is 1. The normalized spacial score (nSPS) is 16.3. The van der Waals surface area contributed by atoms with Crippen LogP contribution >= 0.6 is 0 Å². The van der Waals surface area contributed by atoms with E-state index in [0.717, 1.165) is 59.4 Å². The van der Waals surface area contributed by atoms with Crippen LogP contribution in [0.25, 0.3) is 39.1 Å². The van der Waals surface area contributed by atoms with Crippen LogP contribution in [0.5, 0.6) is 0 Å². The number of aromatic nitrogens is 7. The van der Waals surface area contributed by atoms with Crippen LogP contribution in [0.1, 0.15) is 48.9 Å². The summed E-state index contributed by atoms with van der Waals surface area (Å²) in [5.41, 5.74) is 5.70. The molecule has 2 aliphatic carbocycles. The predicted molar refractivity (Wildman–Crippen MR) is 121 cm³/mol. The van der Waals surface area contributed by atoms with Crippen molar-refractivity contribution >= 4 is 22.1 Å². The number of para-hydroxylation sites is 1. The van der Waals surface area contributed by atoms with Crippen LogP contribution in [-0.4, -0.2) is 34.5 Å². The Bertz CT molecular complexity index is 1570. The molecule has 2 saturated carbocycles. The molecule has 0 saturated heterocycles. The lowest BCUT2D eigenvalue weighted by molar-refractivity contribution is 0.792. The first kappa shape index (κ1) is 17.8. The van der Waals surface area contributed by atoms with E-state index in [2.05, 4.69) is 28.3 Å². The van der Waals surface area contributed by atoms with Gasteiger partial charge in [0.05, 0.1) is 23.0 Å². The first-order chi connectivity index (χ1) is 15.7. The van der Waals surface area contributed by atoms with Crippen LogP contribution in [0, 0.1) is 0 Å². The summed E-state index contributed by atoms with van der Waals surface area (Å²) in [6.07, 6.45) is 6.16. The second-order valence-electron chi connectivity index (χ2n) is 8.89. The second-order valence-corrected chi connectivity index (χ2v) is 8.89. The van der Waals surface area contributed by atoms with Gasteiger partial charge >= 0.3 is 0 Å². The Kier molecular flexibility index (Phi) is 3.54. The Balaban J connectivity index is 1.57. The van der Waals surface area contributed by atoms with Crippen molar-refractivity contribution < 1.29 is 0 Å². The Morgan fingerprint density at radius 2 is 1.81 bits per heavy atom. The Morgan fingerprint density at radius 1 is 1.03 bits per heavy atom. The van der Waals surface area contributed by atoms with Gasteiger partial charge < -0.3 is 4.98 Å². The first-order valence-electron chi connectivity index (χ1n) is 11.1. The number of rotatable bonds is 4. The lowest BCUT2D eigenvalue weighted by Gasteiger charge is -2.09. The van der Waals surface area contributed by atoms with Gasteiger partial charge in [0, 0.05) is 30.1 Å². The first-order valence-corrected chi connectivity index (χ1v) is 11.1. The van der Waals surface area contributed by atoms with Gasteiger partial charge in [0.2, 0.25) is 0 Å². The van der Waals surface area contributed by atoms with Crippen molar-refractivity contribution in [3.8, 4) is 17.1 Å². The number of hydrogen-bond acceptors (Lipinski definition) is 5. The number of aromatic amines is 1. The molecule has 2 fully saturated rings. The average molecular weight is 423 g/mol. The van der Waals surface area contributed by atoms with E-state index in [1.165, 1.54) is 0 Å². The zero-order chi connectivity index (χ0) is 21.4. The largest absolute Gasteiger partial charge is 0.305 e. The van der Waals surface area contributed by atoms with E-state index in [0.29, 0.717) is 28.7 Å². The van der Waals surface area contributed by atoms with Crippen LogP contribution < -0.4 is 5.56 Å². The molecule has 0 amide bonds. The van der Waals surface area contributed by atoms with Crippen LogP contribution in [0.4, 0.5) is 0 Å². The maximum atomic E-state index is 12.9. The van der Waals surface area contributed by atoms with Crippen LogP contribution in [0.3, 0.4) is 0 Å². The summed E-state index contributed by atoms with van der Waals surface area (Å²) in [4.78, 5) is 25.8. The molecule has 0 bridgehead atoms. The van der Waals surface area contributed by atoms with Crippen molar-refractivity contribution in [3.05, 3.63) is 64.3 Å². The molecule has 0 aliphatic heterocycles. The summed E-state index contributed by atoms with van der Waals surface area (Å²) in [6.45, 7) is 0. The number of benzene rings is 1. The monoisotopic (exact) mass is 423 g/mol. The molecule has 0 atom stereocenters. The van der Waals surface area contributed by atoms with Crippen LogP contribution in [0.15, 0.2) is 47.4 Å². The third-order valence-corrected chi connectivity index (χ3v) is 6.50. The quantitative estimate of drug-likeness (QED) is 0.474. The standard InChI is InChI=1S/C24H21N7O/c1-30-21-18(12-25-30)26-22(28-24(21)32)16-11-17(13-7-8-13)27-23-19(16)20(14-9-10-14)29-31(23)15-5-3-2-4-6-15/h2-6,11-14H,7-10H2,1H3,(H,26,28,32). The Labute approximate surface area is 182 Å². The molecule has 158 valence electrons. The molecule has 32 heavy (non-hydrogen) atoms. The zero-order valence-corrected chi connectivity index (χ0v) is 17.6. The smallest absolute Gasteiger partial charge is 0.277 e. The van der Waals surface area contributed by atoms with Gasteiger partial charge in [-0.2, -0.15) is 10.2 Å². The highest BCUT2D eigenvalue weighted by Gasteiger charge is 2.34. The number of H-pyrrole nitrogens is 1.